The van der Waals surface area contributed by atoms with Gasteiger partial charge in [-0.15, -0.1) is 11.3 Å². The lowest BCUT2D eigenvalue weighted by Crippen LogP contribution is -2.30. The second-order valence-corrected chi connectivity index (χ2v) is 6.45. The van der Waals surface area contributed by atoms with Crippen molar-refractivity contribution in [3.05, 3.63) is 50.6 Å². The SMILES string of the molecule is CCC(N)C(Oc1cccc(C)c1)c1cc(Br)cs1. The molecule has 2 atom stereocenters. The van der Waals surface area contributed by atoms with E-state index in [1.807, 2.05) is 18.2 Å². The van der Waals surface area contributed by atoms with Gasteiger partial charge in [-0.25, -0.2) is 0 Å². The van der Waals surface area contributed by atoms with Gasteiger partial charge in [0.15, 0.2) is 0 Å². The minimum absolute atomic E-state index is 0.00828. The fourth-order valence-corrected chi connectivity index (χ4v) is 3.43. The third-order valence-electron chi connectivity index (χ3n) is 2.98. The van der Waals surface area contributed by atoms with Gasteiger partial charge in [0.1, 0.15) is 11.9 Å². The molecule has 1 aromatic carbocycles. The molecular formula is C15H18BrNOS. The molecule has 4 heteroatoms. The molecule has 1 heterocycles. The maximum atomic E-state index is 6.21. The largest absolute Gasteiger partial charge is 0.483 e. The Kier molecular flexibility index (Phi) is 5.02. The number of benzene rings is 1. The molecule has 0 spiro atoms. The summed E-state index contributed by atoms with van der Waals surface area (Å²) < 4.78 is 7.19. The first-order valence-electron chi connectivity index (χ1n) is 6.33. The summed E-state index contributed by atoms with van der Waals surface area (Å²) in [5.74, 6) is 0.874. The van der Waals surface area contributed by atoms with Gasteiger partial charge in [-0.2, -0.15) is 0 Å². The average molecular weight is 340 g/mol. The molecule has 19 heavy (non-hydrogen) atoms. The Labute approximate surface area is 126 Å². The zero-order valence-electron chi connectivity index (χ0n) is 11.1. The standard InChI is InChI=1S/C15H18BrNOS/c1-3-13(17)15(14-8-11(16)9-19-14)18-12-6-4-5-10(2)7-12/h4-9,13,15H,3,17H2,1-2H3. The molecule has 2 nitrogen and oxygen atoms in total. The lowest BCUT2D eigenvalue weighted by atomic mass is 10.1. The summed E-state index contributed by atoms with van der Waals surface area (Å²) in [6.45, 7) is 4.14. The van der Waals surface area contributed by atoms with Crippen LogP contribution < -0.4 is 10.5 Å². The molecular weight excluding hydrogens is 322 g/mol. The molecule has 102 valence electrons. The van der Waals surface area contributed by atoms with E-state index in [9.17, 15) is 0 Å². The smallest absolute Gasteiger partial charge is 0.148 e. The summed E-state index contributed by atoms with van der Waals surface area (Å²) in [5, 5.41) is 2.06. The van der Waals surface area contributed by atoms with Gasteiger partial charge in [0, 0.05) is 20.8 Å². The summed E-state index contributed by atoms with van der Waals surface area (Å²) in [6, 6.07) is 10.2. The maximum absolute atomic E-state index is 6.21. The van der Waals surface area contributed by atoms with Crippen LogP contribution in [0.1, 0.15) is 29.9 Å². The second-order valence-electron chi connectivity index (χ2n) is 4.59. The van der Waals surface area contributed by atoms with Crippen LogP contribution in [0.25, 0.3) is 0 Å². The summed E-state index contributed by atoms with van der Waals surface area (Å²) >= 11 is 5.16. The fourth-order valence-electron chi connectivity index (χ4n) is 1.88. The van der Waals surface area contributed by atoms with Crippen molar-refractivity contribution in [1.82, 2.24) is 0 Å². The number of hydrogen-bond donors (Lipinski definition) is 1. The van der Waals surface area contributed by atoms with Crippen molar-refractivity contribution in [1.29, 1.82) is 0 Å². The summed E-state index contributed by atoms with van der Waals surface area (Å²) in [5.41, 5.74) is 7.40. The number of rotatable bonds is 5. The van der Waals surface area contributed by atoms with Crippen molar-refractivity contribution < 1.29 is 4.74 Å². The predicted molar refractivity (Wildman–Crippen MR) is 84.8 cm³/mol. The number of aryl methyl sites for hydroxylation is 1. The van der Waals surface area contributed by atoms with E-state index in [1.54, 1.807) is 11.3 Å². The molecule has 0 radical (unpaired) electrons. The van der Waals surface area contributed by atoms with E-state index < -0.39 is 0 Å². The lowest BCUT2D eigenvalue weighted by Gasteiger charge is -2.23. The first kappa shape index (κ1) is 14.6. The number of thiophene rings is 1. The average Bonchev–Trinajstić information content (AvgIpc) is 2.81. The van der Waals surface area contributed by atoms with Gasteiger partial charge in [0.25, 0.3) is 0 Å². The van der Waals surface area contributed by atoms with E-state index in [2.05, 4.69) is 47.3 Å². The highest BCUT2D eigenvalue weighted by Crippen LogP contribution is 2.32. The van der Waals surface area contributed by atoms with Gasteiger partial charge in [-0.05, 0) is 53.0 Å². The van der Waals surface area contributed by atoms with Crippen molar-refractivity contribution in [2.24, 2.45) is 5.73 Å². The molecule has 2 N–H and O–H groups in total. The zero-order chi connectivity index (χ0) is 13.8. The Bertz CT molecular complexity index is 540. The van der Waals surface area contributed by atoms with E-state index in [0.717, 1.165) is 21.5 Å². The van der Waals surface area contributed by atoms with Crippen molar-refractivity contribution in [2.45, 2.75) is 32.4 Å². The minimum atomic E-state index is -0.0944. The van der Waals surface area contributed by atoms with Crippen molar-refractivity contribution in [3.63, 3.8) is 0 Å². The Morgan fingerprint density at radius 3 is 2.74 bits per heavy atom. The minimum Gasteiger partial charge on any atom is -0.483 e. The van der Waals surface area contributed by atoms with Gasteiger partial charge in [-0.1, -0.05) is 19.1 Å². The van der Waals surface area contributed by atoms with Crippen LogP contribution in [0.15, 0.2) is 40.2 Å². The van der Waals surface area contributed by atoms with Crippen LogP contribution in [0.3, 0.4) is 0 Å². The molecule has 2 unspecified atom stereocenters. The second kappa shape index (κ2) is 6.55. The predicted octanol–water partition coefficient (Wildman–Crippen LogP) is 4.68. The Balaban J connectivity index is 2.24. The highest BCUT2D eigenvalue weighted by Gasteiger charge is 2.22. The molecule has 0 bridgehead atoms. The molecule has 0 fully saturated rings. The van der Waals surface area contributed by atoms with E-state index in [0.29, 0.717) is 0 Å². The van der Waals surface area contributed by atoms with Crippen LogP contribution in [0.4, 0.5) is 0 Å². The maximum Gasteiger partial charge on any atom is 0.148 e. The Morgan fingerprint density at radius 2 is 2.16 bits per heavy atom. The molecule has 2 rings (SSSR count). The molecule has 0 aliphatic carbocycles. The van der Waals surface area contributed by atoms with E-state index in [-0.39, 0.29) is 12.1 Å². The van der Waals surface area contributed by atoms with Crippen LogP contribution in [0, 0.1) is 6.92 Å². The van der Waals surface area contributed by atoms with Gasteiger partial charge in [0.05, 0.1) is 0 Å². The number of halogens is 1. The summed E-state index contributed by atoms with van der Waals surface area (Å²) in [6.07, 6.45) is 0.787. The van der Waals surface area contributed by atoms with Gasteiger partial charge in [-0.3, -0.25) is 0 Å². The Morgan fingerprint density at radius 1 is 1.37 bits per heavy atom. The van der Waals surface area contributed by atoms with Crippen LogP contribution in [0.2, 0.25) is 0 Å². The number of nitrogens with two attached hydrogens (primary N) is 1. The zero-order valence-corrected chi connectivity index (χ0v) is 13.5. The summed E-state index contributed by atoms with van der Waals surface area (Å²) in [4.78, 5) is 1.16. The molecule has 0 amide bonds. The van der Waals surface area contributed by atoms with Gasteiger partial charge < -0.3 is 10.5 Å². The van der Waals surface area contributed by atoms with Crippen molar-refractivity contribution >= 4 is 27.3 Å². The van der Waals surface area contributed by atoms with E-state index in [1.165, 1.54) is 5.56 Å². The number of ether oxygens (including phenoxy) is 1. The van der Waals surface area contributed by atoms with Crippen molar-refractivity contribution in [3.8, 4) is 5.75 Å². The molecule has 2 aromatic rings. The fraction of sp³-hybridized carbons (Fsp3) is 0.333. The monoisotopic (exact) mass is 339 g/mol. The first-order chi connectivity index (χ1) is 9.10. The molecule has 0 aliphatic heterocycles. The van der Waals surface area contributed by atoms with E-state index >= 15 is 0 Å². The van der Waals surface area contributed by atoms with Crippen molar-refractivity contribution in [2.75, 3.05) is 0 Å². The molecule has 0 aliphatic rings. The topological polar surface area (TPSA) is 35.2 Å². The Hall–Kier alpha value is -0.840. The third-order valence-corrected chi connectivity index (χ3v) is 4.74. The highest BCUT2D eigenvalue weighted by molar-refractivity contribution is 9.10. The normalized spacial score (nSPS) is 14.1. The molecule has 1 aromatic heterocycles. The lowest BCUT2D eigenvalue weighted by molar-refractivity contribution is 0.174. The number of hydrogen-bond acceptors (Lipinski definition) is 3. The van der Waals surface area contributed by atoms with Crippen LogP contribution in [-0.4, -0.2) is 6.04 Å². The summed E-state index contributed by atoms with van der Waals surface area (Å²) in [7, 11) is 0. The van der Waals surface area contributed by atoms with E-state index in [4.69, 9.17) is 10.5 Å². The van der Waals surface area contributed by atoms with Gasteiger partial charge >= 0.3 is 0 Å². The van der Waals surface area contributed by atoms with Crippen LogP contribution in [-0.2, 0) is 0 Å². The van der Waals surface area contributed by atoms with Crippen LogP contribution in [0.5, 0.6) is 5.75 Å². The molecule has 0 saturated carbocycles. The third kappa shape index (κ3) is 3.81. The first-order valence-corrected chi connectivity index (χ1v) is 8.00. The van der Waals surface area contributed by atoms with Crippen LogP contribution >= 0.6 is 27.3 Å². The molecule has 0 saturated heterocycles. The highest BCUT2D eigenvalue weighted by atomic mass is 79.9. The van der Waals surface area contributed by atoms with Gasteiger partial charge in [0.2, 0.25) is 0 Å². The quantitative estimate of drug-likeness (QED) is 0.858.